The van der Waals surface area contributed by atoms with E-state index in [2.05, 4.69) is 15.0 Å². The Labute approximate surface area is 136 Å². The third-order valence-corrected chi connectivity index (χ3v) is 4.07. The minimum atomic E-state index is -0.449. The summed E-state index contributed by atoms with van der Waals surface area (Å²) in [5, 5.41) is 0.330. The van der Waals surface area contributed by atoms with Gasteiger partial charge in [0, 0.05) is 18.3 Å². The van der Waals surface area contributed by atoms with Crippen LogP contribution in [0.15, 0.2) is 29.3 Å². The van der Waals surface area contributed by atoms with Gasteiger partial charge in [0.05, 0.1) is 28.5 Å². The summed E-state index contributed by atoms with van der Waals surface area (Å²) < 4.78 is 14.7. The second-order valence-electron chi connectivity index (χ2n) is 5.14. The van der Waals surface area contributed by atoms with Crippen molar-refractivity contribution in [3.05, 3.63) is 45.9 Å². The van der Waals surface area contributed by atoms with Gasteiger partial charge in [0.15, 0.2) is 5.65 Å². The van der Waals surface area contributed by atoms with E-state index in [9.17, 15) is 9.18 Å². The van der Waals surface area contributed by atoms with E-state index in [4.69, 9.17) is 17.3 Å². The molecule has 0 saturated heterocycles. The molecule has 3 heterocycles. The van der Waals surface area contributed by atoms with Gasteiger partial charge < -0.3 is 5.73 Å². The molecule has 0 aliphatic carbocycles. The summed E-state index contributed by atoms with van der Waals surface area (Å²) in [5.74, 6) is -0.449. The highest BCUT2D eigenvalue weighted by Gasteiger charge is 2.21. The molecule has 0 bridgehead atoms. The van der Waals surface area contributed by atoms with Gasteiger partial charge in [-0.05, 0) is 18.6 Å². The van der Waals surface area contributed by atoms with Crippen molar-refractivity contribution in [3.63, 3.8) is 0 Å². The number of pyridine rings is 2. The van der Waals surface area contributed by atoms with Crippen LogP contribution in [-0.4, -0.2) is 26.1 Å². The maximum atomic E-state index is 13.2. The zero-order valence-electron chi connectivity index (χ0n) is 12.4. The number of nitrogens with two attached hydrogens (primary N) is 1. The lowest BCUT2D eigenvalue weighted by Crippen LogP contribution is -2.27. The fraction of sp³-hybridized carbons (Fsp3) is 0.267. The average molecular weight is 336 g/mol. The van der Waals surface area contributed by atoms with E-state index in [0.29, 0.717) is 40.4 Å². The molecule has 0 unspecified atom stereocenters. The van der Waals surface area contributed by atoms with E-state index in [1.165, 1.54) is 18.3 Å². The first-order valence-corrected chi connectivity index (χ1v) is 7.55. The van der Waals surface area contributed by atoms with Gasteiger partial charge in [-0.1, -0.05) is 18.5 Å². The molecule has 0 radical (unpaired) electrons. The van der Waals surface area contributed by atoms with E-state index >= 15 is 0 Å². The smallest absolute Gasteiger partial charge is 0.327 e. The summed E-state index contributed by atoms with van der Waals surface area (Å²) in [4.78, 5) is 23.3. The molecule has 0 spiro atoms. The zero-order valence-corrected chi connectivity index (χ0v) is 13.1. The van der Waals surface area contributed by atoms with Gasteiger partial charge >= 0.3 is 5.69 Å². The van der Waals surface area contributed by atoms with Crippen LogP contribution in [0.4, 0.5) is 4.39 Å². The topological polar surface area (TPSA) is 89.6 Å². The van der Waals surface area contributed by atoms with Crippen molar-refractivity contribution >= 4 is 22.8 Å². The molecule has 3 aromatic rings. The predicted octanol–water partition coefficient (Wildman–Crippen LogP) is 2.49. The standard InChI is InChI=1S/C15H15ClFN5O/c1-2-9(5-18)22-13-12(11-4-3-8(17)6-19-11)10(16)7-20-14(13)21-15(22)23/h3-4,6-7,9H,2,5,18H2,1H3,(H,20,21,23)/t9-/m1/s1. The average Bonchev–Trinajstić information content (AvgIpc) is 2.87. The van der Waals surface area contributed by atoms with Crippen molar-refractivity contribution in [2.75, 3.05) is 6.54 Å². The third-order valence-electron chi connectivity index (χ3n) is 3.78. The van der Waals surface area contributed by atoms with Crippen LogP contribution in [0, 0.1) is 5.82 Å². The number of hydrogen-bond acceptors (Lipinski definition) is 4. The molecule has 1 atom stereocenters. The minimum Gasteiger partial charge on any atom is -0.328 e. The molecule has 0 aliphatic rings. The molecule has 0 aromatic carbocycles. The SMILES string of the molecule is CC[C@H](CN)n1c(=O)[nH]c2ncc(Cl)c(-c3ccc(F)cn3)c21. The van der Waals surface area contributed by atoms with E-state index in [0.717, 1.165) is 6.20 Å². The summed E-state index contributed by atoms with van der Waals surface area (Å²) in [6.07, 6.45) is 3.22. The van der Waals surface area contributed by atoms with Crippen LogP contribution >= 0.6 is 11.6 Å². The Bertz CT molecular complexity index is 899. The summed E-state index contributed by atoms with van der Waals surface area (Å²) in [6.45, 7) is 2.24. The van der Waals surface area contributed by atoms with Crippen molar-refractivity contribution in [1.82, 2.24) is 19.5 Å². The van der Waals surface area contributed by atoms with Gasteiger partial charge in [-0.15, -0.1) is 0 Å². The highest BCUT2D eigenvalue weighted by Crippen LogP contribution is 2.33. The Morgan fingerprint density at radius 1 is 1.39 bits per heavy atom. The largest absolute Gasteiger partial charge is 0.328 e. The molecule has 8 heteroatoms. The number of hydrogen-bond donors (Lipinski definition) is 2. The molecule has 0 fully saturated rings. The van der Waals surface area contributed by atoms with E-state index in [-0.39, 0.29) is 11.7 Å². The molecule has 0 saturated carbocycles. The fourth-order valence-electron chi connectivity index (χ4n) is 2.64. The van der Waals surface area contributed by atoms with Crippen molar-refractivity contribution in [3.8, 4) is 11.3 Å². The molecule has 3 N–H and O–H groups in total. The molecule has 120 valence electrons. The second kappa shape index (κ2) is 6.10. The molecule has 23 heavy (non-hydrogen) atoms. The van der Waals surface area contributed by atoms with Crippen LogP contribution in [0.1, 0.15) is 19.4 Å². The lowest BCUT2D eigenvalue weighted by molar-refractivity contribution is 0.496. The van der Waals surface area contributed by atoms with Gasteiger partial charge in [0.1, 0.15) is 5.82 Å². The number of aromatic amines is 1. The monoisotopic (exact) mass is 335 g/mol. The third kappa shape index (κ3) is 2.62. The number of fused-ring (bicyclic) bond motifs is 1. The van der Waals surface area contributed by atoms with Crippen molar-refractivity contribution in [1.29, 1.82) is 0 Å². The molecular weight excluding hydrogens is 321 g/mol. The van der Waals surface area contributed by atoms with E-state index < -0.39 is 5.82 Å². The first-order chi connectivity index (χ1) is 11.1. The number of H-pyrrole nitrogens is 1. The first-order valence-electron chi connectivity index (χ1n) is 7.17. The molecule has 0 amide bonds. The zero-order chi connectivity index (χ0) is 16.6. The Hall–Kier alpha value is -2.25. The Morgan fingerprint density at radius 3 is 2.78 bits per heavy atom. The number of imidazole rings is 1. The van der Waals surface area contributed by atoms with Gasteiger partial charge in [-0.2, -0.15) is 0 Å². The molecule has 6 nitrogen and oxygen atoms in total. The molecule has 3 aromatic heterocycles. The molecular formula is C15H15ClFN5O. The van der Waals surface area contributed by atoms with Crippen molar-refractivity contribution in [2.24, 2.45) is 5.73 Å². The van der Waals surface area contributed by atoms with Crippen molar-refractivity contribution < 1.29 is 4.39 Å². The lowest BCUT2D eigenvalue weighted by atomic mass is 10.1. The maximum Gasteiger partial charge on any atom is 0.327 e. The quantitative estimate of drug-likeness (QED) is 0.766. The highest BCUT2D eigenvalue weighted by atomic mass is 35.5. The summed E-state index contributed by atoms with van der Waals surface area (Å²) >= 11 is 6.29. The Balaban J connectivity index is 2.38. The van der Waals surface area contributed by atoms with Gasteiger partial charge in [-0.25, -0.2) is 14.2 Å². The van der Waals surface area contributed by atoms with E-state index in [1.807, 2.05) is 6.92 Å². The van der Waals surface area contributed by atoms with Gasteiger partial charge in [-0.3, -0.25) is 14.5 Å². The lowest BCUT2D eigenvalue weighted by Gasteiger charge is -2.16. The number of rotatable bonds is 4. The summed E-state index contributed by atoms with van der Waals surface area (Å²) in [7, 11) is 0. The first kappa shape index (κ1) is 15.6. The van der Waals surface area contributed by atoms with Crippen LogP contribution in [0.25, 0.3) is 22.4 Å². The van der Waals surface area contributed by atoms with Crippen LogP contribution in [0.2, 0.25) is 5.02 Å². The number of nitrogens with zero attached hydrogens (tertiary/aromatic N) is 3. The van der Waals surface area contributed by atoms with Gasteiger partial charge in [0.25, 0.3) is 0 Å². The Kier molecular flexibility index (Phi) is 4.14. The Morgan fingerprint density at radius 2 is 2.17 bits per heavy atom. The fourth-order valence-corrected chi connectivity index (χ4v) is 2.87. The van der Waals surface area contributed by atoms with Crippen molar-refractivity contribution in [2.45, 2.75) is 19.4 Å². The van der Waals surface area contributed by atoms with Crippen LogP contribution in [-0.2, 0) is 0 Å². The summed E-state index contributed by atoms with van der Waals surface area (Å²) in [5.41, 5.74) is 7.39. The predicted molar refractivity (Wildman–Crippen MR) is 86.9 cm³/mol. The highest BCUT2D eigenvalue weighted by molar-refractivity contribution is 6.34. The number of nitrogens with one attached hydrogen (secondary N) is 1. The van der Waals surface area contributed by atoms with Gasteiger partial charge in [0.2, 0.25) is 0 Å². The van der Waals surface area contributed by atoms with Crippen LogP contribution < -0.4 is 11.4 Å². The number of aromatic nitrogens is 4. The second-order valence-corrected chi connectivity index (χ2v) is 5.55. The van der Waals surface area contributed by atoms with E-state index in [1.54, 1.807) is 4.57 Å². The maximum absolute atomic E-state index is 13.2. The summed E-state index contributed by atoms with van der Waals surface area (Å²) in [6, 6.07) is 2.61. The molecule has 0 aliphatic heterocycles. The minimum absolute atomic E-state index is 0.198. The van der Waals surface area contributed by atoms with Crippen LogP contribution in [0.5, 0.6) is 0 Å². The van der Waals surface area contributed by atoms with Crippen LogP contribution in [0.3, 0.4) is 0 Å². The normalized spacial score (nSPS) is 12.7. The number of halogens is 2. The molecule has 3 rings (SSSR count).